The zero-order valence-corrected chi connectivity index (χ0v) is 50.9. The highest BCUT2D eigenvalue weighted by Gasteiger charge is 2.53. The van der Waals surface area contributed by atoms with Gasteiger partial charge in [-0.1, -0.05) is 211 Å². The molecule has 83 heavy (non-hydrogen) atoms. The highest BCUT2D eigenvalue weighted by molar-refractivity contribution is 5.76. The Hall–Kier alpha value is -1.99. The summed E-state index contributed by atoms with van der Waals surface area (Å²) in [6.45, 7) is 1.72. The van der Waals surface area contributed by atoms with E-state index in [1.54, 1.807) is 6.08 Å². The van der Waals surface area contributed by atoms with E-state index in [-0.39, 0.29) is 18.9 Å². The van der Waals surface area contributed by atoms with Crippen LogP contribution in [0.25, 0.3) is 0 Å². The summed E-state index contributed by atoms with van der Waals surface area (Å²) >= 11 is 0. The van der Waals surface area contributed by atoms with Crippen LogP contribution in [0.3, 0.4) is 0 Å². The highest BCUT2D eigenvalue weighted by Crippen LogP contribution is 2.33. The largest absolute Gasteiger partial charge is 0.394 e. The Balaban J connectivity index is 1.46. The molecular formula is C64H117NO18. The quantitative estimate of drug-likeness (QED) is 0.0211. The van der Waals surface area contributed by atoms with Crippen molar-refractivity contribution in [2.24, 2.45) is 0 Å². The monoisotopic (exact) mass is 1190 g/mol. The van der Waals surface area contributed by atoms with Crippen LogP contribution in [0, 0.1) is 0 Å². The summed E-state index contributed by atoms with van der Waals surface area (Å²) in [5, 5.41) is 120. The van der Waals surface area contributed by atoms with E-state index in [0.717, 1.165) is 57.8 Å². The second kappa shape index (κ2) is 47.1. The fourth-order valence-corrected chi connectivity index (χ4v) is 11.0. The van der Waals surface area contributed by atoms with Crippen molar-refractivity contribution in [1.82, 2.24) is 5.32 Å². The number of allylic oxidation sites excluding steroid dienone is 5. The van der Waals surface area contributed by atoms with E-state index in [1.807, 2.05) is 6.08 Å². The van der Waals surface area contributed by atoms with Crippen molar-refractivity contribution >= 4 is 5.91 Å². The normalized spacial score (nSPS) is 29.6. The van der Waals surface area contributed by atoms with Gasteiger partial charge in [0.05, 0.1) is 38.6 Å². The molecule has 17 atom stereocenters. The summed E-state index contributed by atoms with van der Waals surface area (Å²) in [4.78, 5) is 13.4. The molecule has 0 bridgehead atoms. The summed E-state index contributed by atoms with van der Waals surface area (Å²) in [5.74, 6) is -0.277. The fourth-order valence-electron chi connectivity index (χ4n) is 11.0. The number of aliphatic hydroxyl groups excluding tert-OH is 11. The van der Waals surface area contributed by atoms with Crippen molar-refractivity contribution in [3.05, 3.63) is 36.5 Å². The highest BCUT2D eigenvalue weighted by atomic mass is 16.8. The van der Waals surface area contributed by atoms with Gasteiger partial charge in [0.15, 0.2) is 18.9 Å². The number of hydrogen-bond acceptors (Lipinski definition) is 18. The van der Waals surface area contributed by atoms with Crippen LogP contribution in [0.5, 0.6) is 0 Å². The Kier molecular flexibility index (Phi) is 42.7. The van der Waals surface area contributed by atoms with Crippen LogP contribution in [0.2, 0.25) is 0 Å². The average Bonchev–Trinajstić information content (AvgIpc) is 3.18. The van der Waals surface area contributed by atoms with Gasteiger partial charge in [0.25, 0.3) is 0 Å². The summed E-state index contributed by atoms with van der Waals surface area (Å²) in [6.07, 6.45) is 25.4. The molecule has 12 N–H and O–H groups in total. The number of hydrogen-bond donors (Lipinski definition) is 12. The van der Waals surface area contributed by atoms with Crippen LogP contribution in [0.15, 0.2) is 36.5 Å². The number of carbonyl (C=O) groups excluding carboxylic acids is 1. The second-order valence-corrected chi connectivity index (χ2v) is 23.6. The lowest BCUT2D eigenvalue weighted by Gasteiger charge is -2.48. The number of rotatable bonds is 49. The van der Waals surface area contributed by atoms with Crippen molar-refractivity contribution in [1.29, 1.82) is 0 Å². The fraction of sp³-hybridized carbons (Fsp3) is 0.891. The molecule has 0 saturated carbocycles. The number of ether oxygens (including phenoxy) is 6. The molecule has 3 heterocycles. The van der Waals surface area contributed by atoms with E-state index in [2.05, 4.69) is 43.5 Å². The average molecular weight is 1190 g/mol. The van der Waals surface area contributed by atoms with E-state index in [1.165, 1.54) is 148 Å². The van der Waals surface area contributed by atoms with Gasteiger partial charge >= 0.3 is 0 Å². The van der Waals surface area contributed by atoms with E-state index < -0.39 is 124 Å². The molecule has 19 heteroatoms. The van der Waals surface area contributed by atoms with Gasteiger partial charge in [0, 0.05) is 6.42 Å². The molecule has 3 aliphatic heterocycles. The van der Waals surface area contributed by atoms with Gasteiger partial charge in [0.2, 0.25) is 5.91 Å². The SMILES string of the molecule is CCCCCCC/C=C\C/C=C\CCCCCCCCCCCCCC(=O)NC(COC1OC(CO)C(OC2OC(CO)C(OC3OC(CO)C(O)C(O)C3O)C(O)C2O)C(O)C1O)C(O)/C=C/CCCCCCCCCCCCCCC. The van der Waals surface area contributed by atoms with Crippen molar-refractivity contribution < 1.29 is 89.4 Å². The molecule has 19 nitrogen and oxygen atoms in total. The van der Waals surface area contributed by atoms with Crippen LogP contribution in [-0.2, 0) is 33.2 Å². The lowest BCUT2D eigenvalue weighted by molar-refractivity contribution is -0.379. The maximum Gasteiger partial charge on any atom is 0.220 e. The number of amides is 1. The Morgan fingerprint density at radius 1 is 0.434 bits per heavy atom. The standard InChI is InChI=1S/C64H117NO18/c1-3-5-7-9-11-13-15-17-19-20-21-22-23-24-25-26-28-30-32-34-36-38-40-42-52(70)65-47(48(69)41-39-37-35-33-31-29-27-18-16-14-12-10-8-6-4-2)46-78-62-58(76)55(73)60(50(44-67)80-62)83-64-59(77)56(74)61(51(45-68)81-64)82-63-57(75)54(72)53(71)49(43-66)79-63/h15,17,20-21,39,41,47-51,53-64,66-69,71-77H,3-14,16,18-19,22-38,40,42-46H2,1-2H3,(H,65,70)/b17-15-,21-20-,41-39+. The molecule has 3 rings (SSSR count). The maximum absolute atomic E-state index is 13.4. The topological polar surface area (TPSA) is 307 Å². The van der Waals surface area contributed by atoms with Crippen molar-refractivity contribution in [3.63, 3.8) is 0 Å². The van der Waals surface area contributed by atoms with Gasteiger partial charge in [-0.05, 0) is 51.4 Å². The van der Waals surface area contributed by atoms with Gasteiger partial charge in [-0.3, -0.25) is 4.79 Å². The Morgan fingerprint density at radius 3 is 1.23 bits per heavy atom. The smallest absolute Gasteiger partial charge is 0.220 e. The number of unbranched alkanes of at least 4 members (excludes halogenated alkanes) is 29. The molecule has 3 aliphatic rings. The van der Waals surface area contributed by atoms with Gasteiger partial charge < -0.3 is 89.9 Å². The molecule has 3 saturated heterocycles. The maximum atomic E-state index is 13.4. The number of nitrogens with one attached hydrogen (secondary N) is 1. The van der Waals surface area contributed by atoms with Gasteiger partial charge in [-0.2, -0.15) is 0 Å². The van der Waals surface area contributed by atoms with E-state index >= 15 is 0 Å². The zero-order valence-electron chi connectivity index (χ0n) is 50.9. The first-order valence-electron chi connectivity index (χ1n) is 32.7. The molecule has 0 aromatic carbocycles. The Morgan fingerprint density at radius 2 is 0.795 bits per heavy atom. The first-order chi connectivity index (χ1) is 40.3. The second-order valence-electron chi connectivity index (χ2n) is 23.6. The molecule has 0 aliphatic carbocycles. The minimum atomic E-state index is -1.98. The van der Waals surface area contributed by atoms with Crippen molar-refractivity contribution in [2.75, 3.05) is 26.4 Å². The summed E-state index contributed by atoms with van der Waals surface area (Å²) in [5.41, 5.74) is 0. The third kappa shape index (κ3) is 30.2. The van der Waals surface area contributed by atoms with E-state index in [9.17, 15) is 61.0 Å². The minimum Gasteiger partial charge on any atom is -0.394 e. The molecule has 17 unspecified atom stereocenters. The molecule has 3 fully saturated rings. The molecule has 0 radical (unpaired) electrons. The molecule has 0 aromatic heterocycles. The van der Waals surface area contributed by atoms with Crippen LogP contribution < -0.4 is 5.32 Å². The summed E-state index contributed by atoms with van der Waals surface area (Å²) in [6, 6.07) is -0.973. The molecule has 0 spiro atoms. The summed E-state index contributed by atoms with van der Waals surface area (Å²) in [7, 11) is 0. The van der Waals surface area contributed by atoms with E-state index in [0.29, 0.717) is 6.42 Å². The summed E-state index contributed by atoms with van der Waals surface area (Å²) < 4.78 is 34.3. The first-order valence-corrected chi connectivity index (χ1v) is 32.7. The lowest BCUT2D eigenvalue weighted by atomic mass is 9.96. The van der Waals surface area contributed by atoms with Crippen LogP contribution in [-0.4, -0.2) is 193 Å². The first kappa shape index (κ1) is 75.3. The Labute approximate surface area is 498 Å². The van der Waals surface area contributed by atoms with Crippen molar-refractivity contribution in [3.8, 4) is 0 Å². The molecular weight excluding hydrogens is 1070 g/mol. The molecule has 1 amide bonds. The zero-order chi connectivity index (χ0) is 60.5. The van der Waals surface area contributed by atoms with Gasteiger partial charge in [-0.15, -0.1) is 0 Å². The van der Waals surface area contributed by atoms with Crippen LogP contribution in [0.4, 0.5) is 0 Å². The van der Waals surface area contributed by atoms with Crippen LogP contribution >= 0.6 is 0 Å². The Bertz CT molecular complexity index is 1660. The molecule has 0 aromatic rings. The molecule has 486 valence electrons. The minimum absolute atomic E-state index is 0.241. The predicted octanol–water partition coefficient (Wildman–Crippen LogP) is 7.27. The van der Waals surface area contributed by atoms with Gasteiger partial charge in [-0.25, -0.2) is 0 Å². The van der Waals surface area contributed by atoms with Gasteiger partial charge in [0.1, 0.15) is 73.2 Å². The predicted molar refractivity (Wildman–Crippen MR) is 319 cm³/mol. The third-order valence-corrected chi connectivity index (χ3v) is 16.4. The number of carbonyl (C=O) groups is 1. The number of aliphatic hydroxyl groups is 11. The van der Waals surface area contributed by atoms with Crippen molar-refractivity contribution in [2.45, 2.75) is 336 Å². The third-order valence-electron chi connectivity index (χ3n) is 16.4. The lowest BCUT2D eigenvalue weighted by Crippen LogP contribution is -2.66. The van der Waals surface area contributed by atoms with Crippen LogP contribution in [0.1, 0.15) is 232 Å². The van der Waals surface area contributed by atoms with E-state index in [4.69, 9.17) is 28.4 Å².